The highest BCUT2D eigenvalue weighted by Crippen LogP contribution is 2.30. The van der Waals surface area contributed by atoms with Crippen LogP contribution < -0.4 is 10.1 Å². The molecule has 8 nitrogen and oxygen atoms in total. The zero-order valence-corrected chi connectivity index (χ0v) is 21.7. The van der Waals surface area contributed by atoms with Gasteiger partial charge in [0.25, 0.3) is 0 Å². The number of ether oxygens (including phenoxy) is 2. The van der Waals surface area contributed by atoms with E-state index in [4.69, 9.17) is 9.47 Å². The number of aromatic nitrogens is 3. The lowest BCUT2D eigenvalue weighted by Gasteiger charge is -2.10. The number of esters is 1. The average molecular weight is 503 g/mol. The van der Waals surface area contributed by atoms with E-state index in [1.165, 1.54) is 30.2 Å². The standard InChI is InChI=1S/C24H30N4O4S2/c1-6-18-12-19(23(30)31-5)22(34-18)25-20(29)14-33-24-27-26-21(28(24)7-2)16-8-10-17(11-9-16)32-13-15(3)4/h8-12,15H,6-7,13-14H2,1-5H3,(H,25,29). The molecule has 3 rings (SSSR count). The predicted octanol–water partition coefficient (Wildman–Crippen LogP) is 5.14. The summed E-state index contributed by atoms with van der Waals surface area (Å²) < 4.78 is 12.6. The fourth-order valence-electron chi connectivity index (χ4n) is 3.12. The normalized spacial score (nSPS) is 11.0. The number of methoxy groups -OCH3 is 1. The summed E-state index contributed by atoms with van der Waals surface area (Å²) in [5.41, 5.74) is 1.30. The minimum Gasteiger partial charge on any atom is -0.493 e. The van der Waals surface area contributed by atoms with E-state index in [1.807, 2.05) is 42.7 Å². The van der Waals surface area contributed by atoms with Crippen LogP contribution in [-0.2, 0) is 22.5 Å². The topological polar surface area (TPSA) is 95.3 Å². The van der Waals surface area contributed by atoms with Crippen LogP contribution in [0.15, 0.2) is 35.5 Å². The number of nitrogens with one attached hydrogen (secondary N) is 1. The van der Waals surface area contributed by atoms with E-state index in [-0.39, 0.29) is 11.7 Å². The van der Waals surface area contributed by atoms with E-state index >= 15 is 0 Å². The lowest BCUT2D eigenvalue weighted by atomic mass is 10.2. The minimum absolute atomic E-state index is 0.139. The number of rotatable bonds is 11. The van der Waals surface area contributed by atoms with Crippen LogP contribution in [-0.4, -0.2) is 46.1 Å². The van der Waals surface area contributed by atoms with Crippen molar-refractivity contribution in [1.82, 2.24) is 14.8 Å². The fraction of sp³-hybridized carbons (Fsp3) is 0.417. The Morgan fingerprint density at radius 2 is 1.91 bits per heavy atom. The summed E-state index contributed by atoms with van der Waals surface area (Å²) >= 11 is 2.69. The van der Waals surface area contributed by atoms with Gasteiger partial charge in [-0.1, -0.05) is 32.5 Å². The molecular formula is C24H30N4O4S2. The maximum absolute atomic E-state index is 12.6. The monoisotopic (exact) mass is 502 g/mol. The molecule has 1 amide bonds. The number of aryl methyl sites for hydroxylation is 1. The highest BCUT2D eigenvalue weighted by molar-refractivity contribution is 7.99. The predicted molar refractivity (Wildman–Crippen MR) is 136 cm³/mol. The van der Waals surface area contributed by atoms with Crippen LogP contribution in [0.3, 0.4) is 0 Å². The first-order valence-corrected chi connectivity index (χ1v) is 13.0. The van der Waals surface area contributed by atoms with Crippen molar-refractivity contribution in [2.75, 3.05) is 24.8 Å². The molecule has 0 atom stereocenters. The van der Waals surface area contributed by atoms with Gasteiger partial charge in [-0.15, -0.1) is 21.5 Å². The van der Waals surface area contributed by atoms with Crippen molar-refractivity contribution in [3.8, 4) is 17.1 Å². The Balaban J connectivity index is 1.67. The van der Waals surface area contributed by atoms with Crippen molar-refractivity contribution in [1.29, 1.82) is 0 Å². The molecular weight excluding hydrogens is 472 g/mol. The van der Waals surface area contributed by atoms with Crippen LogP contribution >= 0.6 is 23.1 Å². The smallest absolute Gasteiger partial charge is 0.340 e. The molecule has 0 aliphatic carbocycles. The van der Waals surface area contributed by atoms with E-state index < -0.39 is 5.97 Å². The second-order valence-electron chi connectivity index (χ2n) is 7.92. The molecule has 182 valence electrons. The van der Waals surface area contributed by atoms with Crippen LogP contribution in [0.4, 0.5) is 5.00 Å². The molecule has 0 saturated carbocycles. The molecule has 1 aromatic carbocycles. The quantitative estimate of drug-likeness (QED) is 0.286. The van der Waals surface area contributed by atoms with E-state index in [2.05, 4.69) is 29.4 Å². The summed E-state index contributed by atoms with van der Waals surface area (Å²) in [5.74, 6) is 1.46. The number of nitrogens with zero attached hydrogens (tertiary/aromatic N) is 3. The van der Waals surface area contributed by atoms with Crippen LogP contribution in [0.5, 0.6) is 5.75 Å². The minimum atomic E-state index is -0.463. The Bertz CT molecular complexity index is 1120. The average Bonchev–Trinajstić information content (AvgIpc) is 3.44. The third-order valence-corrected chi connectivity index (χ3v) is 7.01. The Labute approximate surface area is 208 Å². The molecule has 0 unspecified atom stereocenters. The maximum Gasteiger partial charge on any atom is 0.340 e. The Morgan fingerprint density at radius 3 is 2.53 bits per heavy atom. The SMILES string of the molecule is CCc1cc(C(=O)OC)c(NC(=O)CSc2nnc(-c3ccc(OCC(C)C)cc3)n2CC)s1. The number of amides is 1. The van der Waals surface area contributed by atoms with Gasteiger partial charge in [0, 0.05) is 17.0 Å². The van der Waals surface area contributed by atoms with Crippen molar-refractivity contribution >= 4 is 40.0 Å². The second-order valence-corrected chi connectivity index (χ2v) is 10.00. The number of hydrogen-bond acceptors (Lipinski definition) is 8. The van der Waals surface area contributed by atoms with Crippen LogP contribution in [0.1, 0.15) is 42.9 Å². The number of hydrogen-bond donors (Lipinski definition) is 1. The van der Waals surface area contributed by atoms with Crippen molar-refractivity contribution in [3.63, 3.8) is 0 Å². The number of benzene rings is 1. The lowest BCUT2D eigenvalue weighted by molar-refractivity contribution is -0.113. The van der Waals surface area contributed by atoms with Gasteiger partial charge in [0.1, 0.15) is 10.8 Å². The molecule has 0 fully saturated rings. The van der Waals surface area contributed by atoms with Gasteiger partial charge in [-0.25, -0.2) is 4.79 Å². The first-order chi connectivity index (χ1) is 16.4. The molecule has 1 N–H and O–H groups in total. The Morgan fingerprint density at radius 1 is 1.18 bits per heavy atom. The Hall–Kier alpha value is -2.85. The van der Waals surface area contributed by atoms with Gasteiger partial charge in [0.2, 0.25) is 5.91 Å². The molecule has 0 radical (unpaired) electrons. The highest BCUT2D eigenvalue weighted by Gasteiger charge is 2.19. The summed E-state index contributed by atoms with van der Waals surface area (Å²) in [4.78, 5) is 25.7. The molecule has 0 saturated heterocycles. The molecule has 2 aromatic heterocycles. The fourth-order valence-corrected chi connectivity index (χ4v) is 4.92. The summed E-state index contributed by atoms with van der Waals surface area (Å²) in [7, 11) is 1.33. The summed E-state index contributed by atoms with van der Waals surface area (Å²) in [6, 6.07) is 9.54. The lowest BCUT2D eigenvalue weighted by Crippen LogP contribution is -2.16. The van der Waals surface area contributed by atoms with E-state index in [0.717, 1.165) is 28.4 Å². The van der Waals surface area contributed by atoms with Gasteiger partial charge < -0.3 is 19.4 Å². The molecule has 10 heteroatoms. The summed E-state index contributed by atoms with van der Waals surface area (Å²) in [6.07, 6.45) is 0.770. The van der Waals surface area contributed by atoms with Crippen molar-refractivity contribution in [2.45, 2.75) is 45.8 Å². The molecule has 0 bridgehead atoms. The van der Waals surface area contributed by atoms with E-state index in [1.54, 1.807) is 6.07 Å². The van der Waals surface area contributed by atoms with Crippen LogP contribution in [0.2, 0.25) is 0 Å². The van der Waals surface area contributed by atoms with Gasteiger partial charge in [0.15, 0.2) is 11.0 Å². The van der Waals surface area contributed by atoms with Gasteiger partial charge in [-0.3, -0.25) is 4.79 Å². The highest BCUT2D eigenvalue weighted by atomic mass is 32.2. The summed E-state index contributed by atoms with van der Waals surface area (Å²) in [5, 5.41) is 12.6. The zero-order valence-electron chi connectivity index (χ0n) is 20.1. The molecule has 0 spiro atoms. The molecule has 2 heterocycles. The number of anilines is 1. The number of thiophene rings is 1. The Kier molecular flexibility index (Phi) is 9.12. The zero-order chi connectivity index (χ0) is 24.7. The molecule has 3 aromatic rings. The largest absolute Gasteiger partial charge is 0.493 e. The third kappa shape index (κ3) is 6.38. The third-order valence-electron chi connectivity index (χ3n) is 4.85. The molecule has 0 aliphatic rings. The first-order valence-electron chi connectivity index (χ1n) is 11.2. The van der Waals surface area contributed by atoms with Gasteiger partial charge in [-0.2, -0.15) is 0 Å². The van der Waals surface area contributed by atoms with Crippen molar-refractivity contribution in [2.24, 2.45) is 5.92 Å². The number of carbonyl (C=O) groups excluding carboxylic acids is 2. The van der Waals surface area contributed by atoms with E-state index in [0.29, 0.717) is 34.8 Å². The van der Waals surface area contributed by atoms with Gasteiger partial charge >= 0.3 is 5.97 Å². The molecule has 34 heavy (non-hydrogen) atoms. The second kappa shape index (κ2) is 12.0. The van der Waals surface area contributed by atoms with Crippen LogP contribution in [0.25, 0.3) is 11.4 Å². The van der Waals surface area contributed by atoms with Crippen LogP contribution in [0, 0.1) is 5.92 Å². The maximum atomic E-state index is 12.6. The number of thioether (sulfide) groups is 1. The van der Waals surface area contributed by atoms with Gasteiger partial charge in [-0.05, 0) is 49.6 Å². The summed E-state index contributed by atoms with van der Waals surface area (Å²) in [6.45, 7) is 9.55. The van der Waals surface area contributed by atoms with E-state index in [9.17, 15) is 9.59 Å². The van der Waals surface area contributed by atoms with Gasteiger partial charge in [0.05, 0.1) is 25.0 Å². The number of carbonyl (C=O) groups is 2. The van der Waals surface area contributed by atoms with Crippen molar-refractivity contribution in [3.05, 3.63) is 40.8 Å². The van der Waals surface area contributed by atoms with Crippen molar-refractivity contribution < 1.29 is 19.1 Å². The molecule has 0 aliphatic heterocycles. The first kappa shape index (κ1) is 25.8.